The summed E-state index contributed by atoms with van der Waals surface area (Å²) in [5.41, 5.74) is 7.99. The van der Waals surface area contributed by atoms with Gasteiger partial charge in [0.25, 0.3) is 5.91 Å². The van der Waals surface area contributed by atoms with Crippen LogP contribution in [0.4, 0.5) is 0 Å². The molecular weight excluding hydrogens is 368 g/mol. The molecule has 1 aliphatic heterocycles. The van der Waals surface area contributed by atoms with Crippen LogP contribution in [0.25, 0.3) is 0 Å². The van der Waals surface area contributed by atoms with Gasteiger partial charge in [-0.2, -0.15) is 0 Å². The van der Waals surface area contributed by atoms with Crippen molar-refractivity contribution in [3.05, 3.63) is 35.5 Å². The molecule has 1 unspecified atom stereocenters. The van der Waals surface area contributed by atoms with Crippen LogP contribution >= 0.6 is 0 Å². The maximum Gasteiger partial charge on any atom is 0.305 e. The molecule has 29 heavy (non-hydrogen) atoms. The molecule has 0 aromatic heterocycles. The molecule has 0 bridgehead atoms. The van der Waals surface area contributed by atoms with Crippen LogP contribution in [0.2, 0.25) is 0 Å². The number of hydrogen-bond donors (Lipinski definition) is 1. The second-order valence-corrected chi connectivity index (χ2v) is 7.95. The minimum atomic E-state index is -0.836. The van der Waals surface area contributed by atoms with Crippen LogP contribution in [0.5, 0.6) is 0 Å². The van der Waals surface area contributed by atoms with Gasteiger partial charge in [-0.15, -0.1) is 0 Å². The third-order valence-corrected chi connectivity index (χ3v) is 6.04. The molecule has 2 rings (SSSR count). The van der Waals surface area contributed by atoms with Gasteiger partial charge in [0.05, 0.1) is 7.11 Å². The molecule has 6 nitrogen and oxygen atoms in total. The summed E-state index contributed by atoms with van der Waals surface area (Å²) in [6.45, 7) is 6.46. The predicted octanol–water partition coefficient (Wildman–Crippen LogP) is 3.43. The summed E-state index contributed by atoms with van der Waals surface area (Å²) in [6, 6.07) is -0.836. The monoisotopic (exact) mass is 402 g/mol. The Bertz CT molecular complexity index is 700. The number of esters is 1. The lowest BCUT2D eigenvalue weighted by Gasteiger charge is -2.24. The predicted molar refractivity (Wildman–Crippen MR) is 113 cm³/mol. The summed E-state index contributed by atoms with van der Waals surface area (Å²) in [5.74, 6) is -0.867. The molecule has 2 N–H and O–H groups in total. The lowest BCUT2D eigenvalue weighted by molar-refractivity contribution is -0.142. The van der Waals surface area contributed by atoms with E-state index in [0.717, 1.165) is 24.0 Å². The first-order chi connectivity index (χ1) is 13.9. The number of allylic oxidation sites excluding steroid dienone is 3. The highest BCUT2D eigenvalue weighted by Crippen LogP contribution is 2.32. The first-order valence-corrected chi connectivity index (χ1v) is 10.6. The third-order valence-electron chi connectivity index (χ3n) is 6.04. The standard InChI is InChI=1S/C23H34N2O4/c1-4-17-15-25(20(22(24)27)12-13-21(26)29-3)23(28)19(17)14-16(2)18-10-8-6-5-7-9-11-18/h4,14,18,20H,2,5-13,15H2,1,3H3,(H2,24,27)/b17-4-,19-14+. The molecule has 1 saturated heterocycles. The number of nitrogens with zero attached hydrogens (tertiary/aromatic N) is 1. The Morgan fingerprint density at radius 3 is 2.41 bits per heavy atom. The number of methoxy groups -OCH3 is 1. The number of rotatable bonds is 7. The number of carbonyl (C=O) groups is 3. The second kappa shape index (κ2) is 11.0. The number of nitrogens with two attached hydrogens (primary N) is 1. The van der Waals surface area contributed by atoms with Crippen LogP contribution in [0.15, 0.2) is 35.5 Å². The fourth-order valence-electron chi connectivity index (χ4n) is 4.22. The molecule has 160 valence electrons. The van der Waals surface area contributed by atoms with E-state index in [1.54, 1.807) is 0 Å². The van der Waals surface area contributed by atoms with Gasteiger partial charge in [-0.25, -0.2) is 0 Å². The molecule has 0 spiro atoms. The van der Waals surface area contributed by atoms with E-state index >= 15 is 0 Å². The number of amides is 2. The highest BCUT2D eigenvalue weighted by molar-refractivity contribution is 6.04. The van der Waals surface area contributed by atoms with Crippen molar-refractivity contribution >= 4 is 17.8 Å². The molecule has 1 atom stereocenters. The van der Waals surface area contributed by atoms with Crippen molar-refractivity contribution in [2.24, 2.45) is 11.7 Å². The zero-order valence-corrected chi connectivity index (χ0v) is 17.7. The van der Waals surface area contributed by atoms with Crippen LogP contribution in [0.1, 0.15) is 64.7 Å². The van der Waals surface area contributed by atoms with Gasteiger partial charge in [-0.05, 0) is 43.8 Å². The Labute approximate surface area is 173 Å². The zero-order chi connectivity index (χ0) is 21.4. The lowest BCUT2D eigenvalue weighted by Crippen LogP contribution is -2.45. The Morgan fingerprint density at radius 1 is 1.24 bits per heavy atom. The van der Waals surface area contributed by atoms with Gasteiger partial charge in [0.2, 0.25) is 5.91 Å². The number of likely N-dealkylation sites (tertiary alicyclic amines) is 1. The molecular formula is C23H34N2O4. The quantitative estimate of drug-likeness (QED) is 0.522. The van der Waals surface area contributed by atoms with Gasteiger partial charge in [0, 0.05) is 18.5 Å². The van der Waals surface area contributed by atoms with Crippen molar-refractivity contribution in [1.29, 1.82) is 0 Å². The maximum atomic E-state index is 13.1. The largest absolute Gasteiger partial charge is 0.469 e. The van der Waals surface area contributed by atoms with Crippen LogP contribution in [0, 0.1) is 5.92 Å². The molecule has 2 amide bonds. The highest BCUT2D eigenvalue weighted by Gasteiger charge is 2.37. The fraction of sp³-hybridized carbons (Fsp3) is 0.609. The summed E-state index contributed by atoms with van der Waals surface area (Å²) in [6.07, 6.45) is 12.4. The Kier molecular flexibility index (Phi) is 8.68. The number of hydrogen-bond acceptors (Lipinski definition) is 4. The van der Waals surface area contributed by atoms with E-state index < -0.39 is 17.9 Å². The zero-order valence-electron chi connectivity index (χ0n) is 17.7. The first kappa shape index (κ1) is 22.9. The molecule has 0 aromatic carbocycles. The Morgan fingerprint density at radius 2 is 1.86 bits per heavy atom. The summed E-state index contributed by atoms with van der Waals surface area (Å²) in [4.78, 5) is 38.1. The van der Waals surface area contributed by atoms with Crippen LogP contribution < -0.4 is 5.73 Å². The van der Waals surface area contributed by atoms with Crippen molar-refractivity contribution in [2.75, 3.05) is 13.7 Å². The van der Waals surface area contributed by atoms with Crippen molar-refractivity contribution in [3.8, 4) is 0 Å². The molecule has 0 aromatic rings. The molecule has 2 fully saturated rings. The minimum Gasteiger partial charge on any atom is -0.469 e. The summed E-state index contributed by atoms with van der Waals surface area (Å²) in [5, 5.41) is 0. The molecule has 6 heteroatoms. The fourth-order valence-corrected chi connectivity index (χ4v) is 4.22. The molecule has 1 saturated carbocycles. The third kappa shape index (κ3) is 6.05. The van der Waals surface area contributed by atoms with Gasteiger partial charge in [-0.1, -0.05) is 50.3 Å². The van der Waals surface area contributed by atoms with Crippen molar-refractivity contribution in [3.63, 3.8) is 0 Å². The Balaban J connectivity index is 2.18. The Hall–Kier alpha value is -2.37. The van der Waals surface area contributed by atoms with Crippen LogP contribution in [-0.4, -0.2) is 42.4 Å². The van der Waals surface area contributed by atoms with E-state index in [1.807, 2.05) is 19.1 Å². The van der Waals surface area contributed by atoms with Crippen LogP contribution in [-0.2, 0) is 19.1 Å². The van der Waals surface area contributed by atoms with Crippen molar-refractivity contribution in [1.82, 2.24) is 4.90 Å². The normalized spacial score (nSPS) is 22.4. The highest BCUT2D eigenvalue weighted by atomic mass is 16.5. The molecule has 1 heterocycles. The van der Waals surface area contributed by atoms with E-state index in [9.17, 15) is 14.4 Å². The minimum absolute atomic E-state index is 0.0346. The van der Waals surface area contributed by atoms with E-state index in [-0.39, 0.29) is 18.7 Å². The smallest absolute Gasteiger partial charge is 0.305 e. The van der Waals surface area contributed by atoms with E-state index in [0.29, 0.717) is 18.0 Å². The average molecular weight is 403 g/mol. The van der Waals surface area contributed by atoms with E-state index in [2.05, 4.69) is 11.3 Å². The topological polar surface area (TPSA) is 89.7 Å². The van der Waals surface area contributed by atoms with Gasteiger partial charge in [0.15, 0.2) is 0 Å². The van der Waals surface area contributed by atoms with Gasteiger partial charge in [-0.3, -0.25) is 14.4 Å². The maximum absolute atomic E-state index is 13.1. The van der Waals surface area contributed by atoms with Gasteiger partial charge >= 0.3 is 5.97 Å². The molecule has 1 aliphatic carbocycles. The summed E-state index contributed by atoms with van der Waals surface area (Å²) >= 11 is 0. The lowest BCUT2D eigenvalue weighted by atomic mass is 9.85. The van der Waals surface area contributed by atoms with E-state index in [4.69, 9.17) is 5.73 Å². The summed E-state index contributed by atoms with van der Waals surface area (Å²) in [7, 11) is 1.29. The van der Waals surface area contributed by atoms with Gasteiger partial charge < -0.3 is 15.4 Å². The van der Waals surface area contributed by atoms with Gasteiger partial charge in [0.1, 0.15) is 6.04 Å². The number of primary amides is 1. The van der Waals surface area contributed by atoms with E-state index in [1.165, 1.54) is 44.1 Å². The number of carbonyl (C=O) groups excluding carboxylic acids is 3. The summed E-state index contributed by atoms with van der Waals surface area (Å²) < 4.78 is 4.64. The first-order valence-electron chi connectivity index (χ1n) is 10.6. The number of ether oxygens (including phenoxy) is 1. The van der Waals surface area contributed by atoms with Crippen molar-refractivity contribution in [2.45, 2.75) is 70.8 Å². The molecule has 2 aliphatic rings. The van der Waals surface area contributed by atoms with Crippen LogP contribution in [0.3, 0.4) is 0 Å². The second-order valence-electron chi connectivity index (χ2n) is 7.95. The average Bonchev–Trinajstić information content (AvgIpc) is 2.97. The molecule has 0 radical (unpaired) electrons. The van der Waals surface area contributed by atoms with Crippen molar-refractivity contribution < 1.29 is 19.1 Å². The SMILES string of the molecule is C=C(/C=C1/C(=O)N(C(CCC(=O)OC)C(N)=O)C/C1=C/C)C1CCCCCCC1.